The van der Waals surface area contributed by atoms with Crippen LogP contribution in [0.4, 0.5) is 8.78 Å². The molecule has 148 valence electrons. The predicted octanol–water partition coefficient (Wildman–Crippen LogP) is 2.43. The first kappa shape index (κ1) is 20.8. The Morgan fingerprint density at radius 1 is 1.19 bits per heavy atom. The first-order valence-corrected chi connectivity index (χ1v) is 8.96. The van der Waals surface area contributed by atoms with Gasteiger partial charge in [0, 0.05) is 19.5 Å². The van der Waals surface area contributed by atoms with Crippen molar-refractivity contribution in [3.8, 4) is 0 Å². The lowest BCUT2D eigenvalue weighted by Crippen LogP contribution is -2.53. The van der Waals surface area contributed by atoms with Gasteiger partial charge in [-0.05, 0) is 36.8 Å². The maximum absolute atomic E-state index is 13.8. The summed E-state index contributed by atoms with van der Waals surface area (Å²) in [6.07, 6.45) is 1.20. The number of hydrogen-bond acceptors (Lipinski definition) is 3. The van der Waals surface area contributed by atoms with Crippen LogP contribution in [0.5, 0.6) is 0 Å². The van der Waals surface area contributed by atoms with Crippen molar-refractivity contribution in [1.82, 2.24) is 10.2 Å². The number of likely N-dealkylation sites (tertiary alicyclic amines) is 1. The Kier molecular flexibility index (Phi) is 6.87. The molecule has 0 aliphatic carbocycles. The minimum Gasteiger partial charge on any atom is -0.481 e. The molecule has 1 fully saturated rings. The molecule has 1 atom stereocenters. The van der Waals surface area contributed by atoms with Crippen LogP contribution in [0.15, 0.2) is 18.2 Å². The van der Waals surface area contributed by atoms with Crippen LogP contribution in [0.1, 0.15) is 43.5 Å². The topological polar surface area (TPSA) is 86.7 Å². The third kappa shape index (κ3) is 5.24. The Labute approximate surface area is 156 Å². The molecule has 1 aliphatic rings. The molecule has 0 radical (unpaired) electrons. The largest absolute Gasteiger partial charge is 0.481 e. The average Bonchev–Trinajstić information content (AvgIpc) is 2.59. The monoisotopic (exact) mass is 382 g/mol. The number of carbonyl (C=O) groups is 3. The van der Waals surface area contributed by atoms with Crippen LogP contribution in [0.3, 0.4) is 0 Å². The summed E-state index contributed by atoms with van der Waals surface area (Å²) < 4.78 is 27.6. The second-order valence-corrected chi connectivity index (χ2v) is 7.16. The fourth-order valence-corrected chi connectivity index (χ4v) is 3.24. The summed E-state index contributed by atoms with van der Waals surface area (Å²) in [6.45, 7) is 4.25. The van der Waals surface area contributed by atoms with Crippen molar-refractivity contribution in [2.75, 3.05) is 13.1 Å². The quantitative estimate of drug-likeness (QED) is 0.791. The lowest BCUT2D eigenvalue weighted by molar-refractivity contribution is -0.139. The fourth-order valence-electron chi connectivity index (χ4n) is 3.24. The van der Waals surface area contributed by atoms with Crippen LogP contribution in [0.2, 0.25) is 0 Å². The van der Waals surface area contributed by atoms with Crippen LogP contribution in [0.25, 0.3) is 0 Å². The van der Waals surface area contributed by atoms with E-state index in [0.717, 1.165) is 18.2 Å². The van der Waals surface area contributed by atoms with Gasteiger partial charge in [0.25, 0.3) is 5.91 Å². The van der Waals surface area contributed by atoms with Gasteiger partial charge in [-0.3, -0.25) is 14.4 Å². The molecule has 8 heteroatoms. The second-order valence-electron chi connectivity index (χ2n) is 7.16. The molecule has 1 aromatic rings. The zero-order valence-electron chi connectivity index (χ0n) is 15.4. The summed E-state index contributed by atoms with van der Waals surface area (Å²) in [4.78, 5) is 37.5. The van der Waals surface area contributed by atoms with E-state index in [9.17, 15) is 23.2 Å². The summed E-state index contributed by atoms with van der Waals surface area (Å²) in [7, 11) is 0. The number of amides is 2. The molecule has 2 amide bonds. The number of halogens is 2. The van der Waals surface area contributed by atoms with Crippen LogP contribution in [0, 0.1) is 23.5 Å². The van der Waals surface area contributed by atoms with Gasteiger partial charge in [0.15, 0.2) is 0 Å². The Bertz CT molecular complexity index is 695. The van der Waals surface area contributed by atoms with E-state index in [2.05, 4.69) is 5.32 Å². The van der Waals surface area contributed by atoms with Gasteiger partial charge in [-0.25, -0.2) is 8.78 Å². The molecule has 1 saturated heterocycles. The normalized spacial score (nSPS) is 16.3. The van der Waals surface area contributed by atoms with E-state index in [-0.39, 0.29) is 24.2 Å². The number of piperidine rings is 1. The van der Waals surface area contributed by atoms with Crippen LogP contribution in [-0.2, 0) is 9.59 Å². The standard InChI is InChI=1S/C19H24F2N2O4/c1-11(2)17(22-18(26)16-13(20)4-3-5-14(16)21)19(27)23-8-6-12(7-9-23)10-15(24)25/h3-5,11-12,17H,6-10H2,1-2H3,(H,22,26)(H,24,25). The van der Waals surface area contributed by atoms with Crippen LogP contribution in [-0.4, -0.2) is 46.9 Å². The highest BCUT2D eigenvalue weighted by Crippen LogP contribution is 2.22. The summed E-state index contributed by atoms with van der Waals surface area (Å²) >= 11 is 0. The molecule has 1 aliphatic heterocycles. The van der Waals surface area contributed by atoms with Gasteiger partial charge < -0.3 is 15.3 Å². The number of nitrogens with zero attached hydrogens (tertiary/aromatic N) is 1. The number of benzene rings is 1. The summed E-state index contributed by atoms with van der Waals surface area (Å²) in [5.74, 6) is -4.41. The number of carbonyl (C=O) groups excluding carboxylic acids is 2. The van der Waals surface area contributed by atoms with Crippen LogP contribution >= 0.6 is 0 Å². The smallest absolute Gasteiger partial charge is 0.303 e. The molecule has 2 N–H and O–H groups in total. The minimum atomic E-state index is -0.989. The number of hydrogen-bond donors (Lipinski definition) is 2. The third-order valence-electron chi connectivity index (χ3n) is 4.80. The van der Waals surface area contributed by atoms with E-state index in [1.165, 1.54) is 0 Å². The van der Waals surface area contributed by atoms with Crippen LogP contribution < -0.4 is 5.32 Å². The van der Waals surface area contributed by atoms with Crippen molar-refractivity contribution in [2.24, 2.45) is 11.8 Å². The highest BCUT2D eigenvalue weighted by Gasteiger charge is 2.32. The molecule has 1 heterocycles. The Morgan fingerprint density at radius 3 is 2.22 bits per heavy atom. The van der Waals surface area contributed by atoms with Crippen molar-refractivity contribution in [1.29, 1.82) is 0 Å². The van der Waals surface area contributed by atoms with Gasteiger partial charge in [-0.15, -0.1) is 0 Å². The molecule has 1 unspecified atom stereocenters. The minimum absolute atomic E-state index is 0.0196. The Morgan fingerprint density at radius 2 is 1.74 bits per heavy atom. The first-order valence-electron chi connectivity index (χ1n) is 8.96. The fraction of sp³-hybridized carbons (Fsp3) is 0.526. The summed E-state index contributed by atoms with van der Waals surface area (Å²) in [5, 5.41) is 11.3. The van der Waals surface area contributed by atoms with Crippen molar-refractivity contribution in [3.05, 3.63) is 35.4 Å². The van der Waals surface area contributed by atoms with Crippen molar-refractivity contribution >= 4 is 17.8 Å². The van der Waals surface area contributed by atoms with Crippen molar-refractivity contribution in [2.45, 2.75) is 39.2 Å². The van der Waals surface area contributed by atoms with Crippen molar-refractivity contribution < 1.29 is 28.3 Å². The van der Waals surface area contributed by atoms with Gasteiger partial charge in [0.05, 0.1) is 0 Å². The molecule has 2 rings (SSSR count). The highest BCUT2D eigenvalue weighted by atomic mass is 19.1. The Hall–Kier alpha value is -2.51. The lowest BCUT2D eigenvalue weighted by Gasteiger charge is -2.35. The molecule has 0 aromatic heterocycles. The number of carboxylic acids is 1. The molecule has 0 saturated carbocycles. The van der Waals surface area contributed by atoms with E-state index in [4.69, 9.17) is 5.11 Å². The first-order chi connectivity index (χ1) is 12.7. The van der Waals surface area contributed by atoms with E-state index >= 15 is 0 Å². The summed E-state index contributed by atoms with van der Waals surface area (Å²) in [6, 6.07) is 2.20. The molecular formula is C19H24F2N2O4. The number of aliphatic carboxylic acids is 1. The maximum atomic E-state index is 13.8. The average molecular weight is 382 g/mol. The number of carboxylic acid groups (broad SMARTS) is 1. The predicted molar refractivity (Wildman–Crippen MR) is 94.0 cm³/mol. The summed E-state index contributed by atoms with van der Waals surface area (Å²) in [5.41, 5.74) is -0.712. The molecule has 27 heavy (non-hydrogen) atoms. The molecule has 0 spiro atoms. The number of nitrogens with one attached hydrogen (secondary N) is 1. The van der Waals surface area contributed by atoms with E-state index in [1.807, 2.05) is 0 Å². The SMILES string of the molecule is CC(C)C(NC(=O)c1c(F)cccc1F)C(=O)N1CCC(CC(=O)O)CC1. The van der Waals surface area contributed by atoms with Gasteiger partial charge >= 0.3 is 5.97 Å². The van der Waals surface area contributed by atoms with Gasteiger partial charge in [0.2, 0.25) is 5.91 Å². The molecule has 6 nitrogen and oxygen atoms in total. The van der Waals surface area contributed by atoms with Gasteiger partial charge in [-0.1, -0.05) is 19.9 Å². The third-order valence-corrected chi connectivity index (χ3v) is 4.80. The lowest BCUT2D eigenvalue weighted by atomic mass is 9.92. The van der Waals surface area contributed by atoms with E-state index in [1.54, 1.807) is 18.7 Å². The zero-order valence-corrected chi connectivity index (χ0v) is 15.4. The van der Waals surface area contributed by atoms with E-state index in [0.29, 0.717) is 25.9 Å². The maximum Gasteiger partial charge on any atom is 0.303 e. The van der Waals surface area contributed by atoms with E-state index < -0.39 is 35.1 Å². The molecular weight excluding hydrogens is 358 g/mol. The Balaban J connectivity index is 2.06. The zero-order chi connectivity index (χ0) is 20.1. The second kappa shape index (κ2) is 8.92. The molecule has 1 aromatic carbocycles. The molecule has 0 bridgehead atoms. The van der Waals surface area contributed by atoms with Gasteiger partial charge in [0.1, 0.15) is 23.2 Å². The van der Waals surface area contributed by atoms with Gasteiger partial charge in [-0.2, -0.15) is 0 Å². The highest BCUT2D eigenvalue weighted by molar-refractivity contribution is 5.98. The van der Waals surface area contributed by atoms with Crippen molar-refractivity contribution in [3.63, 3.8) is 0 Å². The number of rotatable bonds is 6.